The van der Waals surface area contributed by atoms with Gasteiger partial charge >= 0.3 is 6.18 Å². The lowest BCUT2D eigenvalue weighted by Crippen LogP contribution is -2.20. The number of hydrogen-bond acceptors (Lipinski definition) is 3. The molecule has 112 valence electrons. The van der Waals surface area contributed by atoms with Crippen LogP contribution >= 0.6 is 0 Å². The number of nitrogens with one attached hydrogen (secondary N) is 1. The summed E-state index contributed by atoms with van der Waals surface area (Å²) in [7, 11) is 1.67. The molecule has 0 amide bonds. The second-order valence-corrected chi connectivity index (χ2v) is 4.83. The quantitative estimate of drug-likeness (QED) is 0.913. The van der Waals surface area contributed by atoms with Gasteiger partial charge in [0.25, 0.3) is 0 Å². The molecular formula is C15H16F3N3. The van der Waals surface area contributed by atoms with Gasteiger partial charge in [-0.2, -0.15) is 13.2 Å². The summed E-state index contributed by atoms with van der Waals surface area (Å²) in [4.78, 5) is 4.06. The third kappa shape index (κ3) is 3.33. The number of hydrogen-bond donors (Lipinski definition) is 2. The molecule has 3 nitrogen and oxygen atoms in total. The molecule has 3 N–H and O–H groups in total. The van der Waals surface area contributed by atoms with Gasteiger partial charge in [-0.3, -0.25) is 0 Å². The van der Waals surface area contributed by atoms with Crippen LogP contribution in [0, 0.1) is 6.92 Å². The number of aryl methyl sites for hydroxylation is 1. The average molecular weight is 295 g/mol. The Bertz CT molecular complexity index is 638. The van der Waals surface area contributed by atoms with Crippen molar-refractivity contribution in [3.63, 3.8) is 0 Å². The van der Waals surface area contributed by atoms with Crippen molar-refractivity contribution >= 4 is 5.82 Å². The molecule has 0 spiro atoms. The van der Waals surface area contributed by atoms with Crippen LogP contribution in [0.1, 0.15) is 28.3 Å². The van der Waals surface area contributed by atoms with Crippen LogP contribution in [0.15, 0.2) is 36.5 Å². The van der Waals surface area contributed by atoms with E-state index >= 15 is 0 Å². The predicted octanol–water partition coefficient (Wildman–Crippen LogP) is 3.30. The lowest BCUT2D eigenvalue weighted by molar-refractivity contribution is -0.137. The Labute approximate surface area is 121 Å². The van der Waals surface area contributed by atoms with Crippen LogP contribution in [0.3, 0.4) is 0 Å². The van der Waals surface area contributed by atoms with Gasteiger partial charge in [0.15, 0.2) is 0 Å². The Morgan fingerprint density at radius 2 is 1.95 bits per heavy atom. The zero-order valence-corrected chi connectivity index (χ0v) is 11.7. The predicted molar refractivity (Wildman–Crippen MR) is 75.7 cm³/mol. The Hall–Kier alpha value is -2.08. The molecule has 0 bridgehead atoms. The van der Waals surface area contributed by atoms with Crippen LogP contribution in [-0.2, 0) is 6.18 Å². The van der Waals surface area contributed by atoms with E-state index in [4.69, 9.17) is 5.73 Å². The van der Waals surface area contributed by atoms with Gasteiger partial charge in [-0.1, -0.05) is 12.1 Å². The first-order valence-corrected chi connectivity index (χ1v) is 6.39. The second kappa shape index (κ2) is 5.73. The Morgan fingerprint density at radius 1 is 1.24 bits per heavy atom. The van der Waals surface area contributed by atoms with Crippen LogP contribution in [0.5, 0.6) is 0 Å². The van der Waals surface area contributed by atoms with Gasteiger partial charge in [0.05, 0.1) is 11.6 Å². The van der Waals surface area contributed by atoms with E-state index in [-0.39, 0.29) is 0 Å². The lowest BCUT2D eigenvalue weighted by atomic mass is 9.96. The van der Waals surface area contributed by atoms with Crippen LogP contribution in [0.4, 0.5) is 19.0 Å². The number of nitrogens with zero attached hydrogens (tertiary/aromatic N) is 1. The Kier molecular flexibility index (Phi) is 4.18. The molecular weight excluding hydrogens is 279 g/mol. The molecule has 0 aliphatic rings. The molecule has 0 saturated carbocycles. The van der Waals surface area contributed by atoms with E-state index < -0.39 is 17.8 Å². The minimum atomic E-state index is -4.37. The molecule has 1 unspecified atom stereocenters. The standard InChI is InChI=1S/C15H16F3N3/c1-9-6-12(14(19)21-8-9)13(20-2)10-4-3-5-11(7-10)15(16,17)18/h3-8,13,20H,1-2H3,(H2,19,21). The van der Waals surface area contributed by atoms with Crippen molar-refractivity contribution in [3.8, 4) is 0 Å². The molecule has 6 heteroatoms. The van der Waals surface area contributed by atoms with Crippen LogP contribution in [0.2, 0.25) is 0 Å². The molecule has 1 atom stereocenters. The fourth-order valence-corrected chi connectivity index (χ4v) is 2.23. The van der Waals surface area contributed by atoms with Gasteiger partial charge in [-0.05, 0) is 43.3 Å². The molecule has 0 aliphatic carbocycles. The molecule has 0 radical (unpaired) electrons. The summed E-state index contributed by atoms with van der Waals surface area (Å²) in [6.07, 6.45) is -2.75. The van der Waals surface area contributed by atoms with Gasteiger partial charge in [0.1, 0.15) is 5.82 Å². The van der Waals surface area contributed by atoms with Gasteiger partial charge in [-0.15, -0.1) is 0 Å². The summed E-state index contributed by atoms with van der Waals surface area (Å²) in [5.41, 5.74) is 7.22. The summed E-state index contributed by atoms with van der Waals surface area (Å²) >= 11 is 0. The number of nitrogens with two attached hydrogens (primary N) is 1. The van der Waals surface area contributed by atoms with Crippen molar-refractivity contribution in [2.45, 2.75) is 19.1 Å². The van der Waals surface area contributed by atoms with Crippen LogP contribution < -0.4 is 11.1 Å². The fourth-order valence-electron chi connectivity index (χ4n) is 2.23. The minimum absolute atomic E-state index is 0.303. The van der Waals surface area contributed by atoms with E-state index in [1.54, 1.807) is 19.3 Å². The highest BCUT2D eigenvalue weighted by molar-refractivity contribution is 5.47. The van der Waals surface area contributed by atoms with Gasteiger partial charge < -0.3 is 11.1 Å². The molecule has 1 heterocycles. The van der Waals surface area contributed by atoms with E-state index in [0.29, 0.717) is 16.9 Å². The number of pyridine rings is 1. The molecule has 2 rings (SSSR count). The first kappa shape index (κ1) is 15.3. The maximum atomic E-state index is 12.8. The molecule has 0 fully saturated rings. The molecule has 2 aromatic rings. The fraction of sp³-hybridized carbons (Fsp3) is 0.267. The summed E-state index contributed by atoms with van der Waals surface area (Å²) in [5, 5.41) is 2.99. The first-order valence-electron chi connectivity index (χ1n) is 6.39. The summed E-state index contributed by atoms with van der Waals surface area (Å²) in [6, 6.07) is 6.58. The van der Waals surface area contributed by atoms with E-state index in [9.17, 15) is 13.2 Å². The van der Waals surface area contributed by atoms with Crippen molar-refractivity contribution in [2.24, 2.45) is 0 Å². The van der Waals surface area contributed by atoms with Crippen molar-refractivity contribution in [3.05, 3.63) is 58.8 Å². The zero-order chi connectivity index (χ0) is 15.6. The number of nitrogen functional groups attached to an aromatic ring is 1. The normalized spacial score (nSPS) is 13.2. The monoisotopic (exact) mass is 295 g/mol. The second-order valence-electron chi connectivity index (χ2n) is 4.83. The van der Waals surface area contributed by atoms with E-state index in [1.807, 2.05) is 13.0 Å². The third-order valence-electron chi connectivity index (χ3n) is 3.23. The highest BCUT2D eigenvalue weighted by atomic mass is 19.4. The summed E-state index contributed by atoms with van der Waals surface area (Å²) in [6.45, 7) is 1.86. The molecule has 1 aromatic heterocycles. The number of aromatic nitrogens is 1. The zero-order valence-electron chi connectivity index (χ0n) is 11.7. The van der Waals surface area contributed by atoms with Crippen molar-refractivity contribution in [1.29, 1.82) is 0 Å². The Morgan fingerprint density at radius 3 is 2.57 bits per heavy atom. The average Bonchev–Trinajstić information content (AvgIpc) is 2.43. The van der Waals surface area contributed by atoms with Gasteiger partial charge in [0, 0.05) is 11.8 Å². The summed E-state index contributed by atoms with van der Waals surface area (Å²) in [5.74, 6) is 0.303. The topological polar surface area (TPSA) is 50.9 Å². The van der Waals surface area contributed by atoms with E-state index in [2.05, 4.69) is 10.3 Å². The molecule has 1 aromatic carbocycles. The van der Waals surface area contributed by atoms with Crippen LogP contribution in [-0.4, -0.2) is 12.0 Å². The number of alkyl halides is 3. The molecule has 0 aliphatic heterocycles. The maximum Gasteiger partial charge on any atom is 0.416 e. The highest BCUT2D eigenvalue weighted by Crippen LogP contribution is 2.33. The summed E-state index contributed by atoms with van der Waals surface area (Å²) < 4.78 is 38.5. The SMILES string of the molecule is CNC(c1cccc(C(F)(F)F)c1)c1cc(C)cnc1N. The lowest BCUT2D eigenvalue weighted by Gasteiger charge is -2.20. The largest absolute Gasteiger partial charge is 0.416 e. The number of halogens is 3. The first-order chi connectivity index (χ1) is 9.82. The Balaban J connectivity index is 2.49. The van der Waals surface area contributed by atoms with E-state index in [0.717, 1.165) is 17.7 Å². The van der Waals surface area contributed by atoms with Crippen molar-refractivity contribution in [1.82, 2.24) is 10.3 Å². The van der Waals surface area contributed by atoms with E-state index in [1.165, 1.54) is 6.07 Å². The highest BCUT2D eigenvalue weighted by Gasteiger charge is 2.31. The number of anilines is 1. The molecule has 0 saturated heterocycles. The van der Waals surface area contributed by atoms with Crippen molar-refractivity contribution < 1.29 is 13.2 Å². The van der Waals surface area contributed by atoms with Crippen LogP contribution in [0.25, 0.3) is 0 Å². The number of rotatable bonds is 3. The van der Waals surface area contributed by atoms with Crippen molar-refractivity contribution in [2.75, 3.05) is 12.8 Å². The number of benzene rings is 1. The maximum absolute atomic E-state index is 12.8. The van der Waals surface area contributed by atoms with Gasteiger partial charge in [-0.25, -0.2) is 4.98 Å². The molecule has 21 heavy (non-hydrogen) atoms. The smallest absolute Gasteiger partial charge is 0.383 e. The minimum Gasteiger partial charge on any atom is -0.383 e. The third-order valence-corrected chi connectivity index (χ3v) is 3.23. The van der Waals surface area contributed by atoms with Gasteiger partial charge in [0.2, 0.25) is 0 Å².